The Balaban J connectivity index is 1.28. The van der Waals surface area contributed by atoms with Gasteiger partial charge >= 0.3 is 0 Å². The predicted molar refractivity (Wildman–Crippen MR) is 104 cm³/mol. The maximum Gasteiger partial charge on any atom is 0.171 e. The van der Waals surface area contributed by atoms with Gasteiger partial charge < -0.3 is 24.8 Å². The van der Waals surface area contributed by atoms with Crippen LogP contribution in [0.1, 0.15) is 5.56 Å². The fourth-order valence-electron chi connectivity index (χ4n) is 3.37. The van der Waals surface area contributed by atoms with E-state index in [0.29, 0.717) is 24.9 Å². The summed E-state index contributed by atoms with van der Waals surface area (Å²) < 4.78 is 17.9. The van der Waals surface area contributed by atoms with Crippen LogP contribution in [0.2, 0.25) is 0 Å². The summed E-state index contributed by atoms with van der Waals surface area (Å²) >= 11 is 5.41. The second-order valence-electron chi connectivity index (χ2n) is 6.50. The number of benzene rings is 2. The van der Waals surface area contributed by atoms with Gasteiger partial charge in [0.2, 0.25) is 0 Å². The van der Waals surface area contributed by atoms with Crippen molar-refractivity contribution in [3.63, 3.8) is 0 Å². The van der Waals surface area contributed by atoms with E-state index in [-0.39, 0.29) is 24.4 Å². The van der Waals surface area contributed by atoms with Crippen LogP contribution in [0.5, 0.6) is 0 Å². The molecule has 0 unspecified atom stereocenters. The molecule has 0 amide bonds. The van der Waals surface area contributed by atoms with Crippen molar-refractivity contribution >= 4 is 23.0 Å². The lowest BCUT2D eigenvalue weighted by atomic mass is 10.1. The smallest absolute Gasteiger partial charge is 0.171 e. The molecule has 136 valence electrons. The minimum atomic E-state index is -0.0595. The molecular weight excluding hydrogens is 348 g/mol. The fraction of sp³-hybridized carbons (Fsp3) is 0.350. The molecule has 2 heterocycles. The Labute approximate surface area is 158 Å². The van der Waals surface area contributed by atoms with Gasteiger partial charge in [0.15, 0.2) is 5.11 Å². The van der Waals surface area contributed by atoms with Crippen LogP contribution in [0.3, 0.4) is 0 Å². The van der Waals surface area contributed by atoms with E-state index in [2.05, 4.69) is 22.8 Å². The quantitative estimate of drug-likeness (QED) is 0.790. The minimum Gasteiger partial charge on any atom is -0.370 e. The van der Waals surface area contributed by atoms with Gasteiger partial charge in [-0.1, -0.05) is 48.5 Å². The summed E-state index contributed by atoms with van der Waals surface area (Å²) in [7, 11) is 0. The average Bonchev–Trinajstić information content (AvgIpc) is 3.25. The summed E-state index contributed by atoms with van der Waals surface area (Å²) in [6.07, 6.45) is -0.162. The summed E-state index contributed by atoms with van der Waals surface area (Å²) in [5.41, 5.74) is 2.11. The Morgan fingerprint density at radius 1 is 0.962 bits per heavy atom. The molecule has 0 spiro atoms. The lowest BCUT2D eigenvalue weighted by Crippen LogP contribution is -2.45. The summed E-state index contributed by atoms with van der Waals surface area (Å²) in [6, 6.07) is 20.0. The highest BCUT2D eigenvalue weighted by Gasteiger charge is 2.48. The molecular formula is C20H22N2O3S. The van der Waals surface area contributed by atoms with E-state index in [0.717, 1.165) is 11.3 Å². The van der Waals surface area contributed by atoms with Gasteiger partial charge in [0.25, 0.3) is 0 Å². The zero-order valence-corrected chi connectivity index (χ0v) is 15.2. The number of hydrogen-bond acceptors (Lipinski definition) is 4. The van der Waals surface area contributed by atoms with Crippen LogP contribution in [0.25, 0.3) is 0 Å². The van der Waals surface area contributed by atoms with Crippen molar-refractivity contribution in [1.82, 2.24) is 5.32 Å². The Hall–Kier alpha value is -1.99. The first-order chi connectivity index (χ1) is 12.8. The summed E-state index contributed by atoms with van der Waals surface area (Å²) in [5.74, 6) is 0. The number of ether oxygens (including phenoxy) is 3. The molecule has 2 saturated heterocycles. The van der Waals surface area contributed by atoms with Crippen molar-refractivity contribution in [2.75, 3.05) is 18.5 Å². The zero-order valence-electron chi connectivity index (χ0n) is 14.3. The number of hydrogen-bond donors (Lipinski definition) is 2. The number of fused-ring (bicyclic) bond motifs is 1. The van der Waals surface area contributed by atoms with E-state index in [1.165, 1.54) is 0 Å². The first kappa shape index (κ1) is 17.4. The molecule has 2 aromatic carbocycles. The van der Waals surface area contributed by atoms with Gasteiger partial charge in [-0.05, 0) is 29.9 Å². The van der Waals surface area contributed by atoms with Crippen LogP contribution in [-0.2, 0) is 20.8 Å². The third-order valence-corrected chi connectivity index (χ3v) is 4.88. The van der Waals surface area contributed by atoms with Gasteiger partial charge in [-0.2, -0.15) is 0 Å². The van der Waals surface area contributed by atoms with Crippen molar-refractivity contribution in [2.24, 2.45) is 0 Å². The SMILES string of the molecule is S=C(Nc1ccccc1)N[C@H]1CO[C@H]2[C@@H]1OC[C@H]2OCc1ccccc1. The van der Waals surface area contributed by atoms with Gasteiger partial charge in [-0.15, -0.1) is 0 Å². The standard InChI is InChI=1S/C20H22N2O3S/c26-20(21-15-9-5-2-6-10-15)22-16-12-24-19-17(13-25-18(16)19)23-11-14-7-3-1-4-8-14/h1-10,16-19H,11-13H2,(H2,21,22,26)/t16-,17+,18+,19+/m0/s1. The van der Waals surface area contributed by atoms with Gasteiger partial charge in [0, 0.05) is 5.69 Å². The van der Waals surface area contributed by atoms with E-state index in [1.54, 1.807) is 0 Å². The van der Waals surface area contributed by atoms with E-state index < -0.39 is 0 Å². The van der Waals surface area contributed by atoms with Crippen molar-refractivity contribution in [1.29, 1.82) is 0 Å². The van der Waals surface area contributed by atoms with E-state index >= 15 is 0 Å². The van der Waals surface area contributed by atoms with Gasteiger partial charge in [0.1, 0.15) is 18.3 Å². The normalized spacial score (nSPS) is 27.1. The van der Waals surface area contributed by atoms with Gasteiger partial charge in [-0.25, -0.2) is 0 Å². The molecule has 2 N–H and O–H groups in total. The van der Waals surface area contributed by atoms with Crippen molar-refractivity contribution in [3.05, 3.63) is 66.2 Å². The highest BCUT2D eigenvalue weighted by atomic mass is 32.1. The average molecular weight is 370 g/mol. The molecule has 4 atom stereocenters. The summed E-state index contributed by atoms with van der Waals surface area (Å²) in [4.78, 5) is 0. The van der Waals surface area contributed by atoms with Crippen molar-refractivity contribution < 1.29 is 14.2 Å². The molecule has 2 aliphatic rings. The second-order valence-corrected chi connectivity index (χ2v) is 6.91. The van der Waals surface area contributed by atoms with Crippen LogP contribution < -0.4 is 10.6 Å². The number of anilines is 1. The highest BCUT2D eigenvalue weighted by molar-refractivity contribution is 7.80. The summed E-state index contributed by atoms with van der Waals surface area (Å²) in [5, 5.41) is 7.06. The third kappa shape index (κ3) is 4.04. The number of nitrogens with one attached hydrogen (secondary N) is 2. The third-order valence-electron chi connectivity index (χ3n) is 4.66. The van der Waals surface area contributed by atoms with Crippen LogP contribution >= 0.6 is 12.2 Å². The lowest BCUT2D eigenvalue weighted by molar-refractivity contribution is -0.0391. The van der Waals surface area contributed by atoms with Crippen LogP contribution in [0, 0.1) is 0 Å². The Morgan fingerprint density at radius 2 is 1.65 bits per heavy atom. The van der Waals surface area contributed by atoms with Crippen molar-refractivity contribution in [3.8, 4) is 0 Å². The van der Waals surface area contributed by atoms with Crippen molar-refractivity contribution in [2.45, 2.75) is 31.0 Å². The fourth-order valence-corrected chi connectivity index (χ4v) is 3.63. The van der Waals surface area contributed by atoms with Crippen LogP contribution in [-0.4, -0.2) is 42.7 Å². The Bertz CT molecular complexity index is 728. The maximum absolute atomic E-state index is 6.03. The van der Waals surface area contributed by atoms with E-state index in [9.17, 15) is 0 Å². The van der Waals surface area contributed by atoms with Crippen LogP contribution in [0.15, 0.2) is 60.7 Å². The molecule has 4 rings (SSSR count). The molecule has 26 heavy (non-hydrogen) atoms. The van der Waals surface area contributed by atoms with Gasteiger partial charge in [0.05, 0.1) is 25.9 Å². The molecule has 0 bridgehead atoms. The molecule has 5 nitrogen and oxygen atoms in total. The van der Waals surface area contributed by atoms with E-state index in [4.69, 9.17) is 26.4 Å². The summed E-state index contributed by atoms with van der Waals surface area (Å²) in [6.45, 7) is 1.66. The monoisotopic (exact) mass is 370 g/mol. The topological polar surface area (TPSA) is 51.8 Å². The lowest BCUT2D eigenvalue weighted by Gasteiger charge is -2.20. The molecule has 2 fully saturated rings. The van der Waals surface area contributed by atoms with Gasteiger partial charge in [-0.3, -0.25) is 0 Å². The molecule has 0 radical (unpaired) electrons. The molecule has 2 aliphatic heterocycles. The first-order valence-corrected chi connectivity index (χ1v) is 9.22. The van der Waals surface area contributed by atoms with E-state index in [1.807, 2.05) is 48.5 Å². The number of thiocarbonyl (C=S) groups is 1. The first-order valence-electron chi connectivity index (χ1n) is 8.81. The second kappa shape index (κ2) is 8.14. The number of rotatable bonds is 5. The zero-order chi connectivity index (χ0) is 17.8. The predicted octanol–water partition coefficient (Wildman–Crippen LogP) is 2.72. The molecule has 0 aromatic heterocycles. The number of para-hydroxylation sites is 1. The molecule has 0 saturated carbocycles. The van der Waals surface area contributed by atoms with Crippen LogP contribution in [0.4, 0.5) is 5.69 Å². The largest absolute Gasteiger partial charge is 0.370 e. The highest BCUT2D eigenvalue weighted by Crippen LogP contribution is 2.29. The Morgan fingerprint density at radius 3 is 2.42 bits per heavy atom. The maximum atomic E-state index is 6.03. The molecule has 6 heteroatoms. The minimum absolute atomic E-state index is 0.0223. The Kier molecular flexibility index (Phi) is 5.45. The molecule has 2 aromatic rings. The molecule has 0 aliphatic carbocycles.